The predicted octanol–water partition coefficient (Wildman–Crippen LogP) is 0.885. The Morgan fingerprint density at radius 3 is 2.75 bits per heavy atom. The summed E-state index contributed by atoms with van der Waals surface area (Å²) in [6.45, 7) is 0. The topological polar surface area (TPSA) is 63.3 Å². The second kappa shape index (κ2) is 7.76. The number of rotatable bonds is 7. The molecule has 5 heteroatoms. The van der Waals surface area contributed by atoms with Crippen LogP contribution in [0.1, 0.15) is 6.42 Å². The van der Waals surface area contributed by atoms with E-state index in [-0.39, 0.29) is 0 Å². The summed E-state index contributed by atoms with van der Waals surface area (Å²) in [7, 11) is 0. The van der Waals surface area contributed by atoms with Gasteiger partial charge in [0.1, 0.15) is 6.04 Å². The standard InChI is InChI=1S/C7H15NO2S2/c1-11-3-2-4-12-5-6(8)7(9)10/h6H,2-5,8H2,1H3,(H,9,10). The van der Waals surface area contributed by atoms with Crippen molar-refractivity contribution >= 4 is 29.5 Å². The van der Waals surface area contributed by atoms with Crippen LogP contribution in [-0.2, 0) is 4.79 Å². The van der Waals surface area contributed by atoms with Gasteiger partial charge in [-0.3, -0.25) is 4.79 Å². The second-order valence-corrected chi connectivity index (χ2v) is 4.50. The largest absolute Gasteiger partial charge is 0.480 e. The van der Waals surface area contributed by atoms with Gasteiger partial charge in [-0.1, -0.05) is 0 Å². The molecule has 0 saturated heterocycles. The molecule has 12 heavy (non-hydrogen) atoms. The summed E-state index contributed by atoms with van der Waals surface area (Å²) in [5.41, 5.74) is 5.31. The van der Waals surface area contributed by atoms with Crippen molar-refractivity contribution in [2.24, 2.45) is 5.73 Å². The van der Waals surface area contributed by atoms with Crippen LogP contribution in [0.3, 0.4) is 0 Å². The van der Waals surface area contributed by atoms with E-state index in [1.54, 1.807) is 23.5 Å². The zero-order valence-electron chi connectivity index (χ0n) is 7.16. The van der Waals surface area contributed by atoms with E-state index >= 15 is 0 Å². The van der Waals surface area contributed by atoms with E-state index in [4.69, 9.17) is 10.8 Å². The van der Waals surface area contributed by atoms with Crippen LogP contribution < -0.4 is 5.73 Å². The molecule has 0 aliphatic heterocycles. The van der Waals surface area contributed by atoms with Crippen LogP contribution in [0, 0.1) is 0 Å². The third kappa shape index (κ3) is 6.82. The summed E-state index contributed by atoms with van der Waals surface area (Å²) < 4.78 is 0. The Morgan fingerprint density at radius 1 is 1.58 bits per heavy atom. The number of aliphatic carboxylic acids is 1. The van der Waals surface area contributed by atoms with Crippen LogP contribution in [0.25, 0.3) is 0 Å². The maximum atomic E-state index is 10.3. The highest BCUT2D eigenvalue weighted by Gasteiger charge is 2.09. The maximum Gasteiger partial charge on any atom is 0.321 e. The molecule has 0 aliphatic rings. The predicted molar refractivity (Wildman–Crippen MR) is 55.9 cm³/mol. The van der Waals surface area contributed by atoms with E-state index in [9.17, 15) is 4.79 Å². The minimum atomic E-state index is -0.910. The number of thioether (sulfide) groups is 2. The Kier molecular flexibility index (Phi) is 7.85. The first-order valence-corrected chi connectivity index (χ1v) is 6.28. The van der Waals surface area contributed by atoms with Gasteiger partial charge in [0.25, 0.3) is 0 Å². The van der Waals surface area contributed by atoms with Crippen LogP contribution in [-0.4, -0.2) is 40.6 Å². The Bertz CT molecular complexity index is 133. The highest BCUT2D eigenvalue weighted by Crippen LogP contribution is 2.06. The normalized spacial score (nSPS) is 12.8. The lowest BCUT2D eigenvalue weighted by Gasteiger charge is -2.04. The van der Waals surface area contributed by atoms with Gasteiger partial charge in [0, 0.05) is 5.75 Å². The third-order valence-corrected chi connectivity index (χ3v) is 3.12. The molecule has 0 aromatic carbocycles. The molecule has 3 N–H and O–H groups in total. The fourth-order valence-electron chi connectivity index (χ4n) is 0.587. The zero-order chi connectivity index (χ0) is 9.40. The molecular weight excluding hydrogens is 194 g/mol. The summed E-state index contributed by atoms with van der Waals surface area (Å²) in [5, 5.41) is 8.44. The van der Waals surface area contributed by atoms with Gasteiger partial charge in [-0.2, -0.15) is 23.5 Å². The number of carboxylic acids is 1. The molecule has 0 fully saturated rings. The van der Waals surface area contributed by atoms with Crippen LogP contribution in [0.15, 0.2) is 0 Å². The van der Waals surface area contributed by atoms with Crippen LogP contribution in [0.4, 0.5) is 0 Å². The summed E-state index contributed by atoms with van der Waals surface area (Å²) in [6, 6.07) is -0.704. The summed E-state index contributed by atoms with van der Waals surface area (Å²) in [4.78, 5) is 10.3. The summed E-state index contributed by atoms with van der Waals surface area (Å²) in [5.74, 6) is 1.74. The maximum absolute atomic E-state index is 10.3. The molecule has 3 nitrogen and oxygen atoms in total. The molecular formula is C7H15NO2S2. The molecule has 0 radical (unpaired) electrons. The molecule has 0 spiro atoms. The van der Waals surface area contributed by atoms with Crippen LogP contribution in [0.2, 0.25) is 0 Å². The van der Waals surface area contributed by atoms with Crippen molar-refractivity contribution in [2.75, 3.05) is 23.5 Å². The molecule has 0 aromatic heterocycles. The molecule has 0 heterocycles. The molecule has 0 aliphatic carbocycles. The molecule has 1 atom stereocenters. The second-order valence-electron chi connectivity index (χ2n) is 2.37. The van der Waals surface area contributed by atoms with Crippen molar-refractivity contribution in [3.8, 4) is 0 Å². The summed E-state index contributed by atoms with van der Waals surface area (Å²) >= 11 is 3.42. The van der Waals surface area contributed by atoms with Gasteiger partial charge in [0.15, 0.2) is 0 Å². The minimum absolute atomic E-state index is 0.518. The molecule has 1 unspecified atom stereocenters. The van der Waals surface area contributed by atoms with Crippen LogP contribution >= 0.6 is 23.5 Å². The van der Waals surface area contributed by atoms with Gasteiger partial charge >= 0.3 is 5.97 Å². The number of hydrogen-bond donors (Lipinski definition) is 2. The summed E-state index contributed by atoms with van der Waals surface area (Å²) in [6.07, 6.45) is 3.19. The number of hydrogen-bond acceptors (Lipinski definition) is 4. The van der Waals surface area contributed by atoms with Gasteiger partial charge in [-0.15, -0.1) is 0 Å². The first-order chi connectivity index (χ1) is 5.68. The third-order valence-electron chi connectivity index (χ3n) is 1.25. The minimum Gasteiger partial charge on any atom is -0.480 e. The van der Waals surface area contributed by atoms with E-state index in [2.05, 4.69) is 6.26 Å². The van der Waals surface area contributed by atoms with Gasteiger partial charge in [0.2, 0.25) is 0 Å². The fraction of sp³-hybridized carbons (Fsp3) is 0.857. The molecule has 0 bridgehead atoms. The van der Waals surface area contributed by atoms with Crippen molar-refractivity contribution in [1.29, 1.82) is 0 Å². The SMILES string of the molecule is CSCCCSCC(N)C(=O)O. The molecule has 72 valence electrons. The highest BCUT2D eigenvalue weighted by atomic mass is 32.2. The fourth-order valence-corrected chi connectivity index (χ4v) is 2.11. The lowest BCUT2D eigenvalue weighted by molar-refractivity contribution is -0.137. The van der Waals surface area contributed by atoms with Crippen molar-refractivity contribution in [3.05, 3.63) is 0 Å². The molecule has 0 amide bonds. The van der Waals surface area contributed by atoms with E-state index in [1.165, 1.54) is 0 Å². The number of carboxylic acid groups (broad SMARTS) is 1. The van der Waals surface area contributed by atoms with Crippen LogP contribution in [0.5, 0.6) is 0 Å². The zero-order valence-corrected chi connectivity index (χ0v) is 8.79. The molecule has 0 saturated carbocycles. The lowest BCUT2D eigenvalue weighted by atomic mass is 10.4. The van der Waals surface area contributed by atoms with E-state index in [0.29, 0.717) is 5.75 Å². The number of carbonyl (C=O) groups is 1. The average molecular weight is 209 g/mol. The van der Waals surface area contributed by atoms with Crippen molar-refractivity contribution in [2.45, 2.75) is 12.5 Å². The molecule has 0 rings (SSSR count). The van der Waals surface area contributed by atoms with E-state index < -0.39 is 12.0 Å². The van der Waals surface area contributed by atoms with Gasteiger partial charge in [-0.25, -0.2) is 0 Å². The van der Waals surface area contributed by atoms with Gasteiger partial charge < -0.3 is 10.8 Å². The average Bonchev–Trinajstić information content (AvgIpc) is 2.03. The Hall–Kier alpha value is 0.130. The van der Waals surface area contributed by atoms with Gasteiger partial charge in [-0.05, 0) is 24.2 Å². The van der Waals surface area contributed by atoms with Crippen molar-refractivity contribution in [3.63, 3.8) is 0 Å². The molecule has 0 aromatic rings. The highest BCUT2D eigenvalue weighted by molar-refractivity contribution is 7.99. The van der Waals surface area contributed by atoms with E-state index in [1.807, 2.05) is 0 Å². The first kappa shape index (κ1) is 12.1. The smallest absolute Gasteiger partial charge is 0.321 e. The Morgan fingerprint density at radius 2 is 2.25 bits per heavy atom. The van der Waals surface area contributed by atoms with Crippen molar-refractivity contribution in [1.82, 2.24) is 0 Å². The first-order valence-electron chi connectivity index (χ1n) is 3.73. The monoisotopic (exact) mass is 209 g/mol. The quantitative estimate of drug-likeness (QED) is 0.610. The Labute approximate surface area is 81.5 Å². The lowest BCUT2D eigenvalue weighted by Crippen LogP contribution is -2.32. The van der Waals surface area contributed by atoms with Crippen molar-refractivity contribution < 1.29 is 9.90 Å². The van der Waals surface area contributed by atoms with Gasteiger partial charge in [0.05, 0.1) is 0 Å². The van der Waals surface area contributed by atoms with E-state index in [0.717, 1.165) is 17.9 Å². The Balaban J connectivity index is 3.14. The number of nitrogens with two attached hydrogens (primary N) is 1.